The van der Waals surface area contributed by atoms with Gasteiger partial charge in [-0.3, -0.25) is 0 Å². The molecule has 0 radical (unpaired) electrons. The van der Waals surface area contributed by atoms with Crippen LogP contribution >= 0.6 is 0 Å². The average Bonchev–Trinajstić information content (AvgIpc) is 2.86. The fourth-order valence-corrected chi connectivity index (χ4v) is 1.85. The van der Waals surface area contributed by atoms with Crippen LogP contribution in [0.5, 0.6) is 0 Å². The van der Waals surface area contributed by atoms with Crippen molar-refractivity contribution in [3.63, 3.8) is 0 Å². The maximum Gasteiger partial charge on any atom is 0.515 e. The zero-order chi connectivity index (χ0) is 12.5. The summed E-state index contributed by atoms with van der Waals surface area (Å²) in [6.45, 7) is 1.98. The standard InChI is InChI=1S/C13H10N2O3/c1-2-17-13(16)18-11-7-10-12(15-11)8-5-3-4-6-9(8)14-10/h3-7H,2H2,1H3. The van der Waals surface area contributed by atoms with Gasteiger partial charge in [0.15, 0.2) is 0 Å². The molecule has 0 unspecified atom stereocenters. The topological polar surface area (TPSA) is 60.2 Å². The van der Waals surface area contributed by atoms with Crippen molar-refractivity contribution >= 4 is 17.8 Å². The highest BCUT2D eigenvalue weighted by molar-refractivity contribution is 6.03. The van der Waals surface area contributed by atoms with Gasteiger partial charge in [-0.1, -0.05) is 18.2 Å². The highest BCUT2D eigenvalue weighted by Gasteiger charge is 2.21. The summed E-state index contributed by atoms with van der Waals surface area (Å²) >= 11 is 0. The van der Waals surface area contributed by atoms with Gasteiger partial charge in [0.2, 0.25) is 5.90 Å². The van der Waals surface area contributed by atoms with Crippen molar-refractivity contribution in [2.75, 3.05) is 6.61 Å². The summed E-state index contributed by atoms with van der Waals surface area (Å²) in [6.07, 6.45) is 0.883. The summed E-state index contributed by atoms with van der Waals surface area (Å²) in [5, 5.41) is 1.84. The Bertz CT molecular complexity index is 701. The molecule has 0 spiro atoms. The zero-order valence-electron chi connectivity index (χ0n) is 9.71. The second-order valence-electron chi connectivity index (χ2n) is 3.74. The highest BCUT2D eigenvalue weighted by atomic mass is 16.7. The summed E-state index contributed by atoms with van der Waals surface area (Å²) in [6, 6.07) is 7.70. The number of hydrogen-bond acceptors (Lipinski definition) is 5. The zero-order valence-corrected chi connectivity index (χ0v) is 9.71. The third kappa shape index (κ3) is 1.69. The SMILES string of the molecule is CCOC(=O)OC1=NC2=c3ccccc3=NC2=C1. The van der Waals surface area contributed by atoms with E-state index < -0.39 is 6.16 Å². The second-order valence-corrected chi connectivity index (χ2v) is 3.74. The third-order valence-corrected chi connectivity index (χ3v) is 2.57. The Kier molecular flexibility index (Phi) is 2.44. The lowest BCUT2D eigenvalue weighted by molar-refractivity contribution is 0.101. The van der Waals surface area contributed by atoms with Gasteiger partial charge in [0.25, 0.3) is 0 Å². The molecular formula is C13H10N2O3. The van der Waals surface area contributed by atoms with E-state index in [9.17, 15) is 4.79 Å². The number of aliphatic imine (C=N–C) groups is 1. The van der Waals surface area contributed by atoms with Crippen LogP contribution in [0.25, 0.3) is 5.70 Å². The quantitative estimate of drug-likeness (QED) is 0.687. The van der Waals surface area contributed by atoms with E-state index in [1.807, 2.05) is 24.3 Å². The van der Waals surface area contributed by atoms with E-state index in [0.717, 1.165) is 22.0 Å². The predicted octanol–water partition coefficient (Wildman–Crippen LogP) is 0.897. The summed E-state index contributed by atoms with van der Waals surface area (Å²) in [7, 11) is 0. The molecule has 90 valence electrons. The van der Waals surface area contributed by atoms with Gasteiger partial charge in [0.1, 0.15) is 5.70 Å². The van der Waals surface area contributed by atoms with Crippen LogP contribution in [0.1, 0.15) is 6.92 Å². The van der Waals surface area contributed by atoms with Crippen molar-refractivity contribution in [2.24, 2.45) is 9.98 Å². The predicted molar refractivity (Wildman–Crippen MR) is 64.3 cm³/mol. The molecule has 3 rings (SSSR count). The maximum atomic E-state index is 11.2. The number of nitrogens with zero attached hydrogens (tertiary/aromatic N) is 2. The van der Waals surface area contributed by atoms with E-state index in [1.165, 1.54) is 0 Å². The first-order valence-electron chi connectivity index (χ1n) is 5.61. The molecule has 0 atom stereocenters. The molecule has 0 N–H and O–H groups in total. The fourth-order valence-electron chi connectivity index (χ4n) is 1.85. The molecule has 0 fully saturated rings. The van der Waals surface area contributed by atoms with Gasteiger partial charge in [-0.15, -0.1) is 0 Å². The van der Waals surface area contributed by atoms with Gasteiger partial charge in [-0.25, -0.2) is 14.8 Å². The molecule has 2 heterocycles. The molecule has 0 saturated carbocycles. The van der Waals surface area contributed by atoms with E-state index in [-0.39, 0.29) is 12.5 Å². The minimum atomic E-state index is -0.748. The van der Waals surface area contributed by atoms with E-state index in [0.29, 0.717) is 0 Å². The van der Waals surface area contributed by atoms with Gasteiger partial charge < -0.3 is 9.47 Å². The van der Waals surface area contributed by atoms with Crippen molar-refractivity contribution in [3.8, 4) is 0 Å². The summed E-state index contributed by atoms with van der Waals surface area (Å²) in [4.78, 5) is 19.8. The Morgan fingerprint density at radius 1 is 1.28 bits per heavy atom. The summed E-state index contributed by atoms with van der Waals surface area (Å²) in [5.41, 5.74) is 1.46. The van der Waals surface area contributed by atoms with Crippen molar-refractivity contribution < 1.29 is 14.3 Å². The van der Waals surface area contributed by atoms with Crippen LogP contribution in [0.15, 0.2) is 46.0 Å². The molecule has 0 saturated heterocycles. The Hall–Kier alpha value is -2.43. The van der Waals surface area contributed by atoms with Gasteiger partial charge in [0, 0.05) is 11.3 Å². The van der Waals surface area contributed by atoms with Crippen molar-refractivity contribution in [2.45, 2.75) is 6.92 Å². The summed E-state index contributed by atoms with van der Waals surface area (Å²) in [5.74, 6) is 0.219. The second kappa shape index (κ2) is 4.10. The molecule has 1 aromatic rings. The van der Waals surface area contributed by atoms with Crippen molar-refractivity contribution in [1.82, 2.24) is 0 Å². The largest absolute Gasteiger partial charge is 0.515 e. The number of benzene rings is 1. The fraction of sp³-hybridized carbons (Fsp3) is 0.154. The molecule has 5 nitrogen and oxygen atoms in total. The van der Waals surface area contributed by atoms with Crippen LogP contribution in [-0.2, 0) is 9.47 Å². The number of fused-ring (bicyclic) bond motifs is 2. The minimum Gasteiger partial charge on any atom is -0.434 e. The number of hydrogen-bond donors (Lipinski definition) is 0. The molecular weight excluding hydrogens is 232 g/mol. The Labute approximate surface area is 103 Å². The van der Waals surface area contributed by atoms with Gasteiger partial charge >= 0.3 is 6.16 Å². The van der Waals surface area contributed by atoms with Crippen LogP contribution in [0.4, 0.5) is 4.79 Å². The normalized spacial score (nSPS) is 15.3. The molecule has 0 amide bonds. The molecule has 5 heteroatoms. The van der Waals surface area contributed by atoms with E-state index in [2.05, 4.69) is 14.7 Å². The van der Waals surface area contributed by atoms with Crippen LogP contribution in [0, 0.1) is 0 Å². The van der Waals surface area contributed by atoms with Crippen molar-refractivity contribution in [3.05, 3.63) is 46.6 Å². The Morgan fingerprint density at radius 2 is 2.11 bits per heavy atom. The Morgan fingerprint density at radius 3 is 2.94 bits per heavy atom. The molecule has 2 aliphatic rings. The lowest BCUT2D eigenvalue weighted by atomic mass is 10.2. The number of rotatable bonds is 1. The smallest absolute Gasteiger partial charge is 0.434 e. The molecule has 2 aliphatic heterocycles. The van der Waals surface area contributed by atoms with Crippen LogP contribution in [-0.4, -0.2) is 18.7 Å². The average molecular weight is 242 g/mol. The first kappa shape index (κ1) is 10.7. The van der Waals surface area contributed by atoms with Gasteiger partial charge in [-0.05, 0) is 13.0 Å². The van der Waals surface area contributed by atoms with Crippen molar-refractivity contribution in [1.29, 1.82) is 0 Å². The van der Waals surface area contributed by atoms with E-state index in [1.54, 1.807) is 13.0 Å². The maximum absolute atomic E-state index is 11.2. The Balaban J connectivity index is 1.94. The lowest BCUT2D eigenvalue weighted by Crippen LogP contribution is -2.21. The minimum absolute atomic E-state index is 0.219. The summed E-state index contributed by atoms with van der Waals surface area (Å²) < 4.78 is 9.62. The number of carbonyl (C=O) groups excluding carboxylic acids is 1. The first-order valence-corrected chi connectivity index (χ1v) is 5.61. The van der Waals surface area contributed by atoms with E-state index in [4.69, 9.17) is 4.74 Å². The van der Waals surface area contributed by atoms with Crippen LogP contribution in [0.3, 0.4) is 0 Å². The van der Waals surface area contributed by atoms with Crippen LogP contribution < -0.4 is 10.6 Å². The molecule has 18 heavy (non-hydrogen) atoms. The molecule has 1 aromatic carbocycles. The number of ether oxygens (including phenoxy) is 2. The van der Waals surface area contributed by atoms with E-state index >= 15 is 0 Å². The van der Waals surface area contributed by atoms with Gasteiger partial charge in [0.05, 0.1) is 17.7 Å². The van der Waals surface area contributed by atoms with Crippen LogP contribution in [0.2, 0.25) is 0 Å². The number of carbonyl (C=O) groups is 1. The third-order valence-electron chi connectivity index (χ3n) is 2.57. The first-order chi connectivity index (χ1) is 8.78. The monoisotopic (exact) mass is 242 g/mol. The molecule has 0 aromatic heterocycles. The molecule has 0 aliphatic carbocycles. The lowest BCUT2D eigenvalue weighted by Gasteiger charge is -2.00. The van der Waals surface area contributed by atoms with Gasteiger partial charge in [-0.2, -0.15) is 0 Å². The highest BCUT2D eigenvalue weighted by Crippen LogP contribution is 2.22. The molecule has 0 bridgehead atoms. The number of para-hydroxylation sites is 1.